The molecule has 1 aromatic rings. The van der Waals surface area contributed by atoms with Crippen molar-refractivity contribution >= 4 is 21.6 Å². The molecule has 1 aliphatic rings. The van der Waals surface area contributed by atoms with Crippen molar-refractivity contribution in [3.05, 3.63) is 28.2 Å². The number of nitrogens with zero attached hydrogens (tertiary/aromatic N) is 3. The molecule has 0 saturated carbocycles. The zero-order chi connectivity index (χ0) is 12.3. The molecule has 3 nitrogen and oxygen atoms in total. The van der Waals surface area contributed by atoms with Gasteiger partial charge in [0.05, 0.1) is 11.3 Å². The Labute approximate surface area is 111 Å². The Balaban J connectivity index is 2.19. The Morgan fingerprint density at radius 1 is 1.29 bits per heavy atom. The van der Waals surface area contributed by atoms with Gasteiger partial charge in [-0.25, -0.2) is 0 Å². The van der Waals surface area contributed by atoms with Gasteiger partial charge < -0.3 is 9.80 Å². The fraction of sp³-hybridized carbons (Fsp3) is 0.462. The van der Waals surface area contributed by atoms with Gasteiger partial charge in [-0.05, 0) is 34.6 Å². The highest BCUT2D eigenvalue weighted by Gasteiger charge is 2.18. The van der Waals surface area contributed by atoms with Gasteiger partial charge in [0.1, 0.15) is 6.07 Å². The summed E-state index contributed by atoms with van der Waals surface area (Å²) in [4.78, 5) is 4.73. The van der Waals surface area contributed by atoms with Crippen molar-refractivity contribution in [3.63, 3.8) is 0 Å². The molecule has 0 unspecified atom stereocenters. The van der Waals surface area contributed by atoms with E-state index in [0.717, 1.165) is 48.4 Å². The number of piperazine rings is 1. The van der Waals surface area contributed by atoms with Crippen LogP contribution in [0.2, 0.25) is 0 Å². The van der Waals surface area contributed by atoms with Crippen molar-refractivity contribution in [2.75, 3.05) is 37.6 Å². The van der Waals surface area contributed by atoms with E-state index >= 15 is 0 Å². The standard InChI is InChI=1S/C13H16BrN3/c1-2-16-6-8-17(9-7-16)13-5-3-4-12(14)11(13)10-15/h3-5H,2,6-9H2,1H3. The van der Waals surface area contributed by atoms with Crippen LogP contribution < -0.4 is 4.90 Å². The molecule has 0 aliphatic carbocycles. The quantitative estimate of drug-likeness (QED) is 0.839. The highest BCUT2D eigenvalue weighted by Crippen LogP contribution is 2.27. The van der Waals surface area contributed by atoms with Gasteiger partial charge >= 0.3 is 0 Å². The molecule has 4 heteroatoms. The summed E-state index contributed by atoms with van der Waals surface area (Å²) < 4.78 is 0.885. The summed E-state index contributed by atoms with van der Waals surface area (Å²) in [6, 6.07) is 8.23. The van der Waals surface area contributed by atoms with Crippen molar-refractivity contribution in [1.82, 2.24) is 4.90 Å². The second kappa shape index (κ2) is 5.52. The van der Waals surface area contributed by atoms with E-state index in [1.165, 1.54) is 0 Å². The van der Waals surface area contributed by atoms with Crippen molar-refractivity contribution < 1.29 is 0 Å². The normalized spacial score (nSPS) is 16.9. The van der Waals surface area contributed by atoms with E-state index in [4.69, 9.17) is 0 Å². The first-order valence-electron chi connectivity index (χ1n) is 5.92. The molecule has 0 spiro atoms. The lowest BCUT2D eigenvalue weighted by Gasteiger charge is -2.36. The Bertz CT molecular complexity index is 431. The Morgan fingerprint density at radius 3 is 2.59 bits per heavy atom. The van der Waals surface area contributed by atoms with Crippen LogP contribution in [0.3, 0.4) is 0 Å². The Kier molecular flexibility index (Phi) is 4.03. The predicted molar refractivity (Wildman–Crippen MR) is 73.2 cm³/mol. The maximum Gasteiger partial charge on any atom is 0.103 e. The van der Waals surface area contributed by atoms with E-state index in [-0.39, 0.29) is 0 Å². The van der Waals surface area contributed by atoms with Gasteiger partial charge in [-0.3, -0.25) is 0 Å². The Morgan fingerprint density at radius 2 is 2.00 bits per heavy atom. The first-order valence-corrected chi connectivity index (χ1v) is 6.71. The summed E-state index contributed by atoms with van der Waals surface area (Å²) in [5.41, 5.74) is 1.80. The minimum absolute atomic E-state index is 0.748. The van der Waals surface area contributed by atoms with Crippen LogP contribution in [-0.2, 0) is 0 Å². The summed E-state index contributed by atoms with van der Waals surface area (Å²) in [5.74, 6) is 0. The smallest absolute Gasteiger partial charge is 0.103 e. The molecule has 0 aromatic heterocycles. The molecule has 1 aliphatic heterocycles. The first-order chi connectivity index (χ1) is 8.26. The fourth-order valence-corrected chi connectivity index (χ4v) is 2.64. The zero-order valence-corrected chi connectivity index (χ0v) is 11.6. The molecule has 0 atom stereocenters. The lowest BCUT2D eigenvalue weighted by Crippen LogP contribution is -2.46. The molecule has 1 heterocycles. The lowest BCUT2D eigenvalue weighted by atomic mass is 10.1. The van der Waals surface area contributed by atoms with Gasteiger partial charge in [0.2, 0.25) is 0 Å². The average molecular weight is 294 g/mol. The SMILES string of the molecule is CCN1CCN(c2cccc(Br)c2C#N)CC1. The molecule has 0 radical (unpaired) electrons. The number of rotatable bonds is 2. The van der Waals surface area contributed by atoms with Crippen LogP contribution in [0.15, 0.2) is 22.7 Å². The number of hydrogen-bond donors (Lipinski definition) is 0. The van der Waals surface area contributed by atoms with Crippen molar-refractivity contribution in [2.24, 2.45) is 0 Å². The van der Waals surface area contributed by atoms with Gasteiger partial charge in [0.25, 0.3) is 0 Å². The third-order valence-electron chi connectivity index (χ3n) is 3.26. The number of hydrogen-bond acceptors (Lipinski definition) is 3. The molecular weight excluding hydrogens is 278 g/mol. The van der Waals surface area contributed by atoms with Crippen LogP contribution in [-0.4, -0.2) is 37.6 Å². The highest BCUT2D eigenvalue weighted by atomic mass is 79.9. The van der Waals surface area contributed by atoms with E-state index < -0.39 is 0 Å². The fourth-order valence-electron chi connectivity index (χ4n) is 2.19. The average Bonchev–Trinajstić information content (AvgIpc) is 2.38. The molecule has 17 heavy (non-hydrogen) atoms. The van der Waals surface area contributed by atoms with Gasteiger partial charge in [-0.2, -0.15) is 5.26 Å². The van der Waals surface area contributed by atoms with E-state index in [9.17, 15) is 5.26 Å². The topological polar surface area (TPSA) is 30.3 Å². The number of halogens is 1. The van der Waals surface area contributed by atoms with E-state index in [1.54, 1.807) is 0 Å². The molecular formula is C13H16BrN3. The molecule has 2 rings (SSSR count). The second-order valence-electron chi connectivity index (χ2n) is 4.17. The molecule has 1 fully saturated rings. The molecule has 0 amide bonds. The van der Waals surface area contributed by atoms with Crippen LogP contribution in [0.4, 0.5) is 5.69 Å². The van der Waals surface area contributed by atoms with Crippen LogP contribution in [0.5, 0.6) is 0 Å². The van der Waals surface area contributed by atoms with Gasteiger partial charge in [0, 0.05) is 30.7 Å². The maximum absolute atomic E-state index is 9.21. The summed E-state index contributed by atoms with van der Waals surface area (Å²) in [7, 11) is 0. The van der Waals surface area contributed by atoms with E-state index in [0.29, 0.717) is 0 Å². The largest absolute Gasteiger partial charge is 0.368 e. The van der Waals surface area contributed by atoms with Crippen LogP contribution in [0.1, 0.15) is 12.5 Å². The van der Waals surface area contributed by atoms with Crippen LogP contribution in [0, 0.1) is 11.3 Å². The summed E-state index contributed by atoms with van der Waals surface area (Å²) in [6.45, 7) is 7.45. The molecule has 1 aromatic carbocycles. The van der Waals surface area contributed by atoms with Crippen molar-refractivity contribution in [2.45, 2.75) is 6.92 Å². The van der Waals surface area contributed by atoms with Gasteiger partial charge in [-0.15, -0.1) is 0 Å². The first kappa shape index (κ1) is 12.4. The second-order valence-corrected chi connectivity index (χ2v) is 5.02. The van der Waals surface area contributed by atoms with E-state index in [1.807, 2.05) is 18.2 Å². The number of likely N-dealkylation sites (N-methyl/N-ethyl adjacent to an activating group) is 1. The molecule has 0 bridgehead atoms. The monoisotopic (exact) mass is 293 g/mol. The molecule has 1 saturated heterocycles. The summed E-state index contributed by atoms with van der Waals surface area (Å²) >= 11 is 3.44. The lowest BCUT2D eigenvalue weighted by molar-refractivity contribution is 0.271. The van der Waals surface area contributed by atoms with Crippen LogP contribution in [0.25, 0.3) is 0 Å². The zero-order valence-electron chi connectivity index (χ0n) is 9.99. The number of benzene rings is 1. The van der Waals surface area contributed by atoms with Gasteiger partial charge in [0.15, 0.2) is 0 Å². The third-order valence-corrected chi connectivity index (χ3v) is 3.92. The molecule has 0 N–H and O–H groups in total. The highest BCUT2D eigenvalue weighted by molar-refractivity contribution is 9.10. The minimum Gasteiger partial charge on any atom is -0.368 e. The maximum atomic E-state index is 9.21. The Hall–Kier alpha value is -1.05. The molecule has 90 valence electrons. The van der Waals surface area contributed by atoms with Crippen molar-refractivity contribution in [1.29, 1.82) is 5.26 Å². The van der Waals surface area contributed by atoms with Gasteiger partial charge in [-0.1, -0.05) is 13.0 Å². The third kappa shape index (κ3) is 2.62. The van der Waals surface area contributed by atoms with E-state index in [2.05, 4.69) is 38.7 Å². The number of anilines is 1. The number of nitriles is 1. The summed E-state index contributed by atoms with van der Waals surface area (Å²) in [6.07, 6.45) is 0. The van der Waals surface area contributed by atoms with Crippen LogP contribution >= 0.6 is 15.9 Å². The summed E-state index contributed by atoms with van der Waals surface area (Å²) in [5, 5.41) is 9.21. The minimum atomic E-state index is 0.748. The van der Waals surface area contributed by atoms with Crippen molar-refractivity contribution in [3.8, 4) is 6.07 Å². The predicted octanol–water partition coefficient (Wildman–Crippen LogP) is 2.46.